The van der Waals surface area contributed by atoms with Crippen LogP contribution in [0, 0.1) is 0 Å². The second kappa shape index (κ2) is 4.27. The highest BCUT2D eigenvalue weighted by atomic mass is 16.5. The van der Waals surface area contributed by atoms with Crippen molar-refractivity contribution in [2.75, 3.05) is 26.3 Å². The predicted molar refractivity (Wildman–Crippen MR) is 62.2 cm³/mol. The van der Waals surface area contributed by atoms with E-state index in [1.54, 1.807) is 4.68 Å². The van der Waals surface area contributed by atoms with Gasteiger partial charge in [0.2, 0.25) is 0 Å². The minimum atomic E-state index is 0.0286. The van der Waals surface area contributed by atoms with E-state index in [0.717, 1.165) is 31.9 Å². The summed E-state index contributed by atoms with van der Waals surface area (Å²) in [7, 11) is 0. The first-order chi connectivity index (χ1) is 8.31. The van der Waals surface area contributed by atoms with Crippen LogP contribution in [0.15, 0.2) is 4.79 Å². The van der Waals surface area contributed by atoms with Crippen molar-refractivity contribution >= 4 is 0 Å². The number of nitrogens with zero attached hydrogens (tertiary/aromatic N) is 3. The number of aromatic nitrogens is 3. The fraction of sp³-hybridized carbons (Fsp3) is 0.818. The molecule has 3 heterocycles. The van der Waals surface area contributed by atoms with Crippen molar-refractivity contribution in [2.24, 2.45) is 0 Å². The molecule has 3 rings (SSSR count). The molecule has 0 amide bonds. The van der Waals surface area contributed by atoms with Crippen molar-refractivity contribution in [3.8, 4) is 0 Å². The first kappa shape index (κ1) is 11.0. The van der Waals surface area contributed by atoms with Crippen molar-refractivity contribution in [1.82, 2.24) is 19.7 Å². The van der Waals surface area contributed by atoms with Crippen molar-refractivity contribution < 1.29 is 4.74 Å². The first-order valence-corrected chi connectivity index (χ1v) is 6.29. The average Bonchev–Trinajstić information content (AvgIpc) is 2.86. The van der Waals surface area contributed by atoms with Crippen LogP contribution < -0.4 is 11.0 Å². The summed E-state index contributed by atoms with van der Waals surface area (Å²) in [6.07, 6.45) is 0.973. The first-order valence-electron chi connectivity index (χ1n) is 6.29. The molecule has 0 spiro atoms. The lowest BCUT2D eigenvalue weighted by atomic mass is 10.1. The third-order valence-electron chi connectivity index (χ3n) is 3.62. The molecule has 0 radical (unpaired) electrons. The molecule has 1 atom stereocenters. The Bertz CT molecular complexity index is 455. The minimum absolute atomic E-state index is 0.0286. The van der Waals surface area contributed by atoms with E-state index in [2.05, 4.69) is 10.4 Å². The molecule has 0 bridgehead atoms. The van der Waals surface area contributed by atoms with Gasteiger partial charge < -0.3 is 10.1 Å². The van der Waals surface area contributed by atoms with Crippen molar-refractivity contribution in [3.05, 3.63) is 16.3 Å². The summed E-state index contributed by atoms with van der Waals surface area (Å²) in [5.74, 6) is 1.21. The zero-order valence-corrected chi connectivity index (χ0v) is 10.1. The minimum Gasteiger partial charge on any atom is -0.381 e. The van der Waals surface area contributed by atoms with E-state index in [9.17, 15) is 4.79 Å². The number of rotatable bonds is 3. The van der Waals surface area contributed by atoms with Crippen LogP contribution in [-0.2, 0) is 11.3 Å². The molecule has 0 unspecified atom stereocenters. The van der Waals surface area contributed by atoms with Gasteiger partial charge in [0.05, 0.1) is 12.6 Å². The van der Waals surface area contributed by atoms with Gasteiger partial charge in [-0.1, -0.05) is 0 Å². The van der Waals surface area contributed by atoms with E-state index in [0.29, 0.717) is 13.2 Å². The van der Waals surface area contributed by atoms with E-state index in [4.69, 9.17) is 4.74 Å². The quantitative estimate of drug-likeness (QED) is 0.786. The second-order valence-electron chi connectivity index (χ2n) is 4.70. The van der Waals surface area contributed by atoms with Gasteiger partial charge in [0, 0.05) is 32.2 Å². The molecule has 0 aliphatic carbocycles. The Hall–Kier alpha value is -1.14. The van der Waals surface area contributed by atoms with E-state index < -0.39 is 0 Å². The zero-order valence-electron chi connectivity index (χ0n) is 10.1. The van der Waals surface area contributed by atoms with Crippen molar-refractivity contribution in [1.29, 1.82) is 0 Å². The van der Waals surface area contributed by atoms with Crippen LogP contribution in [0.2, 0.25) is 0 Å². The van der Waals surface area contributed by atoms with Gasteiger partial charge >= 0.3 is 5.69 Å². The summed E-state index contributed by atoms with van der Waals surface area (Å²) in [5, 5.41) is 7.68. The van der Waals surface area contributed by atoms with Gasteiger partial charge in [0.1, 0.15) is 5.82 Å². The summed E-state index contributed by atoms with van der Waals surface area (Å²) in [6.45, 7) is 5.80. The number of hydrogen-bond acceptors (Lipinski definition) is 4. The van der Waals surface area contributed by atoms with Gasteiger partial charge in [-0.15, -0.1) is 0 Å². The van der Waals surface area contributed by atoms with Crippen LogP contribution >= 0.6 is 0 Å². The van der Waals surface area contributed by atoms with E-state index in [-0.39, 0.29) is 17.6 Å². The normalized spacial score (nSPS) is 25.1. The Morgan fingerprint density at radius 2 is 2.35 bits per heavy atom. The SMILES string of the molecule is CCn1nc([C@H]2CCOC2)n(C2CNC2)c1=O. The molecular formula is C11H18N4O2. The average molecular weight is 238 g/mol. The highest BCUT2D eigenvalue weighted by Crippen LogP contribution is 2.25. The molecule has 6 heteroatoms. The second-order valence-corrected chi connectivity index (χ2v) is 4.70. The predicted octanol–water partition coefficient (Wildman–Crippen LogP) is -0.287. The van der Waals surface area contributed by atoms with Crippen LogP contribution in [0.5, 0.6) is 0 Å². The summed E-state index contributed by atoms with van der Waals surface area (Å²) in [4.78, 5) is 12.2. The summed E-state index contributed by atoms with van der Waals surface area (Å²) in [5.41, 5.74) is 0.0286. The molecule has 2 aliphatic heterocycles. The lowest BCUT2D eigenvalue weighted by molar-refractivity contribution is 0.191. The van der Waals surface area contributed by atoms with E-state index in [1.165, 1.54) is 0 Å². The van der Waals surface area contributed by atoms with Gasteiger partial charge in [-0.25, -0.2) is 9.48 Å². The van der Waals surface area contributed by atoms with Gasteiger partial charge in [-0.3, -0.25) is 4.57 Å². The van der Waals surface area contributed by atoms with E-state index >= 15 is 0 Å². The smallest absolute Gasteiger partial charge is 0.346 e. The molecule has 1 aromatic heterocycles. The molecule has 94 valence electrons. The summed E-state index contributed by atoms with van der Waals surface area (Å²) >= 11 is 0. The highest BCUT2D eigenvalue weighted by molar-refractivity contribution is 5.03. The number of nitrogens with one attached hydrogen (secondary N) is 1. The van der Waals surface area contributed by atoms with Gasteiger partial charge in [0.15, 0.2) is 0 Å². The molecular weight excluding hydrogens is 220 g/mol. The van der Waals surface area contributed by atoms with Crippen LogP contribution in [0.3, 0.4) is 0 Å². The molecule has 6 nitrogen and oxygen atoms in total. The lowest BCUT2D eigenvalue weighted by Gasteiger charge is -2.29. The largest absolute Gasteiger partial charge is 0.381 e. The third kappa shape index (κ3) is 1.71. The Kier molecular flexibility index (Phi) is 2.76. The van der Waals surface area contributed by atoms with Gasteiger partial charge in [-0.2, -0.15) is 5.10 Å². The van der Waals surface area contributed by atoms with Crippen LogP contribution in [0.1, 0.15) is 31.1 Å². The standard InChI is InChI=1S/C11H18N4O2/c1-2-14-11(16)15(9-5-12-6-9)10(13-14)8-3-4-17-7-8/h8-9,12H,2-7H2,1H3/t8-/m0/s1. The van der Waals surface area contributed by atoms with Crippen LogP contribution in [-0.4, -0.2) is 40.7 Å². The molecule has 0 aromatic carbocycles. The lowest BCUT2D eigenvalue weighted by Crippen LogP contribution is -2.47. The maximum atomic E-state index is 12.2. The Morgan fingerprint density at radius 3 is 2.88 bits per heavy atom. The maximum Gasteiger partial charge on any atom is 0.346 e. The Balaban J connectivity index is 2.02. The number of hydrogen-bond donors (Lipinski definition) is 1. The molecule has 2 fully saturated rings. The third-order valence-corrected chi connectivity index (χ3v) is 3.62. The topological polar surface area (TPSA) is 61.1 Å². The van der Waals surface area contributed by atoms with E-state index in [1.807, 2.05) is 11.5 Å². The number of aryl methyl sites for hydroxylation is 1. The monoisotopic (exact) mass is 238 g/mol. The van der Waals surface area contributed by atoms with Crippen molar-refractivity contribution in [2.45, 2.75) is 31.8 Å². The van der Waals surface area contributed by atoms with Crippen LogP contribution in [0.25, 0.3) is 0 Å². The van der Waals surface area contributed by atoms with Gasteiger partial charge in [0.25, 0.3) is 0 Å². The van der Waals surface area contributed by atoms with Crippen molar-refractivity contribution in [3.63, 3.8) is 0 Å². The van der Waals surface area contributed by atoms with Crippen LogP contribution in [0.4, 0.5) is 0 Å². The fourth-order valence-electron chi connectivity index (χ4n) is 2.46. The molecule has 2 saturated heterocycles. The van der Waals surface area contributed by atoms with Gasteiger partial charge in [-0.05, 0) is 13.3 Å². The maximum absolute atomic E-state index is 12.2. The Labute approximate surface area is 99.6 Å². The summed E-state index contributed by atoms with van der Waals surface area (Å²) < 4.78 is 8.84. The molecule has 1 aromatic rings. The fourth-order valence-corrected chi connectivity index (χ4v) is 2.46. The molecule has 1 N–H and O–H groups in total. The zero-order chi connectivity index (χ0) is 11.8. The molecule has 0 saturated carbocycles. The molecule has 2 aliphatic rings. The molecule has 17 heavy (non-hydrogen) atoms. The highest BCUT2D eigenvalue weighted by Gasteiger charge is 2.31. The Morgan fingerprint density at radius 1 is 1.53 bits per heavy atom. The summed E-state index contributed by atoms with van der Waals surface area (Å²) in [6, 6.07) is 0.276. The number of ether oxygens (including phenoxy) is 1.